The third-order valence-corrected chi connectivity index (χ3v) is 12.3. The molecule has 2 amide bonds. The van der Waals surface area contributed by atoms with Crippen molar-refractivity contribution in [1.82, 2.24) is 26.6 Å². The SMILES string of the molecule is CCCC(O)C(O)C(CC1CCCCC1)NC.CCCNC(=O)C(F)(F)C(=O)C(CC1CCCCC1)NC.CCCNC(=O)CC(O)C(CC1CCCCC1)NC. The van der Waals surface area contributed by atoms with Crippen LogP contribution in [0.1, 0.15) is 168 Å². The van der Waals surface area contributed by atoms with E-state index in [1.807, 2.05) is 27.9 Å². The molecule has 8 N–H and O–H groups in total. The number of ketones is 1. The van der Waals surface area contributed by atoms with E-state index < -0.39 is 42.0 Å². The highest BCUT2D eigenvalue weighted by molar-refractivity contribution is 6.09. The Hall–Kier alpha value is -1.77. The van der Waals surface area contributed by atoms with Crippen LogP contribution in [-0.2, 0) is 14.4 Å². The highest BCUT2D eigenvalue weighted by Gasteiger charge is 2.49. The molecule has 11 nitrogen and oxygen atoms in total. The minimum Gasteiger partial charge on any atom is -0.391 e. The van der Waals surface area contributed by atoms with Gasteiger partial charge in [0, 0.05) is 25.2 Å². The predicted octanol–water partition coefficient (Wildman–Crippen LogP) is 6.16. The third-order valence-electron chi connectivity index (χ3n) is 12.3. The second-order valence-electron chi connectivity index (χ2n) is 17.0. The first kappa shape index (κ1) is 53.2. The molecule has 3 fully saturated rings. The molecule has 3 saturated carbocycles. The molecule has 0 saturated heterocycles. The number of nitrogens with one attached hydrogen (secondary N) is 5. The molecule has 57 heavy (non-hydrogen) atoms. The summed E-state index contributed by atoms with van der Waals surface area (Å²) in [4.78, 5) is 35.1. The van der Waals surface area contributed by atoms with Gasteiger partial charge in [-0.25, -0.2) is 0 Å². The number of halogens is 2. The Morgan fingerprint density at radius 1 is 0.596 bits per heavy atom. The number of amides is 2. The highest BCUT2D eigenvalue weighted by Crippen LogP contribution is 2.31. The van der Waals surface area contributed by atoms with Crippen molar-refractivity contribution in [3.63, 3.8) is 0 Å². The first-order valence-corrected chi connectivity index (χ1v) is 22.8. The molecule has 6 unspecified atom stereocenters. The highest BCUT2D eigenvalue weighted by atomic mass is 19.3. The summed E-state index contributed by atoms with van der Waals surface area (Å²) < 4.78 is 27.8. The Morgan fingerprint density at radius 2 is 1.04 bits per heavy atom. The maximum atomic E-state index is 13.9. The Balaban J connectivity index is 0.000000430. The van der Waals surface area contributed by atoms with E-state index in [1.54, 1.807) is 6.92 Å². The number of carbonyl (C=O) groups excluding carboxylic acids is 3. The van der Waals surface area contributed by atoms with Crippen LogP contribution in [0.15, 0.2) is 0 Å². The fraction of sp³-hybridized carbons (Fsp3) is 0.932. The molecule has 3 rings (SSSR count). The lowest BCUT2D eigenvalue weighted by molar-refractivity contribution is -0.160. The molecule has 0 aromatic heterocycles. The van der Waals surface area contributed by atoms with Gasteiger partial charge >= 0.3 is 5.92 Å². The Labute approximate surface area is 344 Å². The first-order chi connectivity index (χ1) is 27.3. The van der Waals surface area contributed by atoms with Crippen molar-refractivity contribution in [2.24, 2.45) is 17.8 Å². The van der Waals surface area contributed by atoms with Crippen molar-refractivity contribution >= 4 is 17.6 Å². The van der Waals surface area contributed by atoms with Gasteiger partial charge in [-0.3, -0.25) is 14.4 Å². The second kappa shape index (κ2) is 31.2. The van der Waals surface area contributed by atoms with Gasteiger partial charge in [0.2, 0.25) is 11.7 Å². The number of carbonyl (C=O) groups is 3. The Bertz CT molecular complexity index is 1060. The average Bonchev–Trinajstić information content (AvgIpc) is 3.23. The van der Waals surface area contributed by atoms with E-state index in [9.17, 15) is 38.5 Å². The standard InChI is InChI=1S/C15H26F2N2O2.C15H30N2O2.C14H29NO2/c1-3-9-19-14(21)15(16,17)13(20)12(18-2)10-11-7-5-4-6-8-11;1-3-9-17-15(19)11-14(18)13(16-2)10-12-7-5-4-6-8-12;1-3-7-13(16)14(17)12(15-2)10-11-8-5-4-6-9-11/h11-12,18H,3-10H2,1-2H3,(H,19,21);12-14,16,18H,3-11H2,1-2H3,(H,17,19);11-17H,3-10H2,1-2H3. The van der Waals surface area contributed by atoms with Crippen LogP contribution in [0.2, 0.25) is 0 Å². The van der Waals surface area contributed by atoms with Gasteiger partial charge < -0.3 is 41.9 Å². The summed E-state index contributed by atoms with van der Waals surface area (Å²) in [5.74, 6) is -5.09. The summed E-state index contributed by atoms with van der Waals surface area (Å²) in [6, 6.07) is -0.884. The van der Waals surface area contributed by atoms with Crippen LogP contribution in [0.4, 0.5) is 8.78 Å². The van der Waals surface area contributed by atoms with Crippen LogP contribution in [0.25, 0.3) is 0 Å². The molecule has 0 bridgehead atoms. The third kappa shape index (κ3) is 21.4. The molecule has 6 atom stereocenters. The smallest absolute Gasteiger partial charge is 0.383 e. The summed E-state index contributed by atoms with van der Waals surface area (Å²) in [6.07, 6.45) is 22.3. The molecular formula is C44H85F2N5O6. The van der Waals surface area contributed by atoms with Gasteiger partial charge in [-0.1, -0.05) is 124 Å². The molecule has 3 aliphatic rings. The van der Waals surface area contributed by atoms with E-state index in [-0.39, 0.29) is 36.9 Å². The molecule has 0 heterocycles. The van der Waals surface area contributed by atoms with Crippen molar-refractivity contribution in [2.45, 2.75) is 211 Å². The zero-order chi connectivity index (χ0) is 42.6. The molecule has 3 aliphatic carbocycles. The van der Waals surface area contributed by atoms with E-state index in [2.05, 4.69) is 26.6 Å². The van der Waals surface area contributed by atoms with E-state index >= 15 is 0 Å². The van der Waals surface area contributed by atoms with E-state index in [0.29, 0.717) is 31.7 Å². The molecule has 336 valence electrons. The van der Waals surface area contributed by atoms with Crippen molar-refractivity contribution in [2.75, 3.05) is 34.2 Å². The molecular weight excluding hydrogens is 733 g/mol. The predicted molar refractivity (Wildman–Crippen MR) is 226 cm³/mol. The Kier molecular flexibility index (Phi) is 29.1. The van der Waals surface area contributed by atoms with Crippen LogP contribution in [0.3, 0.4) is 0 Å². The number of hydrogen-bond acceptors (Lipinski definition) is 9. The summed E-state index contributed by atoms with van der Waals surface area (Å²) in [6.45, 7) is 6.66. The average molecular weight is 818 g/mol. The summed E-state index contributed by atoms with van der Waals surface area (Å²) in [7, 11) is 5.25. The van der Waals surface area contributed by atoms with Crippen molar-refractivity contribution < 1.29 is 38.5 Å². The number of rotatable bonds is 23. The molecule has 0 aromatic carbocycles. The van der Waals surface area contributed by atoms with Crippen LogP contribution in [-0.4, -0.2) is 110 Å². The van der Waals surface area contributed by atoms with Gasteiger partial charge in [0.25, 0.3) is 5.91 Å². The van der Waals surface area contributed by atoms with E-state index in [1.165, 1.54) is 77.7 Å². The van der Waals surface area contributed by atoms with E-state index in [4.69, 9.17) is 0 Å². The quantitative estimate of drug-likeness (QED) is 0.0563. The van der Waals surface area contributed by atoms with Gasteiger partial charge in [-0.15, -0.1) is 0 Å². The molecule has 0 aliphatic heterocycles. The first-order valence-electron chi connectivity index (χ1n) is 22.8. The van der Waals surface area contributed by atoms with Crippen molar-refractivity contribution in [1.29, 1.82) is 0 Å². The lowest BCUT2D eigenvalue weighted by Crippen LogP contribution is -2.53. The summed E-state index contributed by atoms with van der Waals surface area (Å²) in [5.41, 5.74) is 0. The monoisotopic (exact) mass is 818 g/mol. The molecule has 0 radical (unpaired) electrons. The van der Waals surface area contributed by atoms with Crippen molar-refractivity contribution in [3.8, 4) is 0 Å². The minimum atomic E-state index is -3.96. The topological polar surface area (TPSA) is 172 Å². The second-order valence-corrected chi connectivity index (χ2v) is 17.0. The zero-order valence-corrected chi connectivity index (χ0v) is 36.7. The molecule has 0 aromatic rings. The number of aliphatic hydroxyl groups is 3. The fourth-order valence-corrected chi connectivity index (χ4v) is 8.66. The number of aliphatic hydroxyl groups excluding tert-OH is 3. The number of Topliss-reactive ketones (excluding diaryl/α,β-unsaturated/α-hetero) is 1. The van der Waals surface area contributed by atoms with Gasteiger partial charge in [-0.05, 0) is 77.4 Å². The summed E-state index contributed by atoms with van der Waals surface area (Å²) in [5, 5.41) is 44.1. The maximum Gasteiger partial charge on any atom is 0.383 e. The fourth-order valence-electron chi connectivity index (χ4n) is 8.66. The van der Waals surface area contributed by atoms with Crippen LogP contribution >= 0.6 is 0 Å². The van der Waals surface area contributed by atoms with E-state index in [0.717, 1.165) is 57.3 Å². The molecule has 13 heteroatoms. The maximum absolute atomic E-state index is 13.9. The van der Waals surface area contributed by atoms with Gasteiger partial charge in [-0.2, -0.15) is 8.78 Å². The lowest BCUT2D eigenvalue weighted by atomic mass is 9.83. The minimum absolute atomic E-state index is 0.0375. The normalized spacial score (nSPS) is 20.3. The van der Waals surface area contributed by atoms with Gasteiger partial charge in [0.1, 0.15) is 0 Å². The lowest BCUT2D eigenvalue weighted by Gasteiger charge is -2.31. The van der Waals surface area contributed by atoms with Gasteiger partial charge in [0.15, 0.2) is 0 Å². The summed E-state index contributed by atoms with van der Waals surface area (Å²) >= 11 is 0. The largest absolute Gasteiger partial charge is 0.391 e. The zero-order valence-electron chi connectivity index (χ0n) is 36.7. The Morgan fingerprint density at radius 3 is 1.46 bits per heavy atom. The molecule has 0 spiro atoms. The van der Waals surface area contributed by atoms with Gasteiger partial charge in [0.05, 0.1) is 30.8 Å². The van der Waals surface area contributed by atoms with Crippen LogP contribution in [0.5, 0.6) is 0 Å². The number of likely N-dealkylation sites (N-methyl/N-ethyl adjacent to an activating group) is 3. The number of hydrogen-bond donors (Lipinski definition) is 8. The van der Waals surface area contributed by atoms with Crippen LogP contribution < -0.4 is 26.6 Å². The number of alkyl halides is 2. The van der Waals surface area contributed by atoms with Crippen molar-refractivity contribution in [3.05, 3.63) is 0 Å². The van der Waals surface area contributed by atoms with Crippen LogP contribution in [0, 0.1) is 17.8 Å².